The van der Waals surface area contributed by atoms with Crippen LogP contribution in [0.2, 0.25) is 0 Å². The van der Waals surface area contributed by atoms with Crippen molar-refractivity contribution in [2.45, 2.75) is 18.7 Å². The summed E-state index contributed by atoms with van der Waals surface area (Å²) in [5.74, 6) is 2.38. The lowest BCUT2D eigenvalue weighted by Gasteiger charge is -2.31. The number of hydrogen-bond acceptors (Lipinski definition) is 3. The molecule has 2 rings (SSSR count). The molecule has 1 fully saturated rings. The Kier molecular flexibility index (Phi) is 7.75. The van der Waals surface area contributed by atoms with Crippen LogP contribution in [0, 0.1) is 0 Å². The lowest BCUT2D eigenvalue weighted by atomic mass is 10.2. The molecule has 1 saturated heterocycles. The van der Waals surface area contributed by atoms with Gasteiger partial charge in [-0.15, -0.1) is 12.4 Å². The number of hydrogen-bond donors (Lipinski definition) is 1. The van der Waals surface area contributed by atoms with E-state index in [2.05, 4.69) is 47.5 Å². The Bertz CT molecular complexity index is 321. The van der Waals surface area contributed by atoms with Crippen LogP contribution in [0.1, 0.15) is 12.5 Å². The molecule has 1 aliphatic rings. The van der Waals surface area contributed by atoms with Crippen LogP contribution >= 0.6 is 24.2 Å². The van der Waals surface area contributed by atoms with Crippen molar-refractivity contribution in [2.24, 2.45) is 0 Å². The molecule has 4 heteroatoms. The second kappa shape index (κ2) is 8.81. The molecule has 102 valence electrons. The fraction of sp³-hybridized carbons (Fsp3) is 0.571. The van der Waals surface area contributed by atoms with Crippen LogP contribution in [0.15, 0.2) is 30.3 Å². The molecule has 0 aromatic heterocycles. The number of thioether (sulfide) groups is 1. The summed E-state index contributed by atoms with van der Waals surface area (Å²) in [6.45, 7) is 7.04. The standard InChI is InChI=1S/C14H22N2S.ClH/c1-13-11-16(8-7-15-13)9-10-17-12-14-5-3-2-4-6-14;/h2-6,13,15H,7-12H2,1H3;1H/t13-;/m0./s1. The molecule has 18 heavy (non-hydrogen) atoms. The molecule has 0 aliphatic carbocycles. The Hall–Kier alpha value is -0.220. The Morgan fingerprint density at radius 2 is 2.11 bits per heavy atom. The summed E-state index contributed by atoms with van der Waals surface area (Å²) < 4.78 is 0. The Morgan fingerprint density at radius 3 is 2.83 bits per heavy atom. The van der Waals surface area contributed by atoms with Gasteiger partial charge in [-0.1, -0.05) is 30.3 Å². The molecule has 1 atom stereocenters. The van der Waals surface area contributed by atoms with Crippen LogP contribution < -0.4 is 5.32 Å². The smallest absolute Gasteiger partial charge is 0.0185 e. The topological polar surface area (TPSA) is 15.3 Å². The van der Waals surface area contributed by atoms with Crippen LogP contribution in [0.25, 0.3) is 0 Å². The van der Waals surface area contributed by atoms with Gasteiger partial charge in [-0.25, -0.2) is 0 Å². The Labute approximate surface area is 121 Å². The van der Waals surface area contributed by atoms with Crippen LogP contribution in [-0.2, 0) is 5.75 Å². The van der Waals surface area contributed by atoms with Gasteiger partial charge in [0.25, 0.3) is 0 Å². The van der Waals surface area contributed by atoms with Gasteiger partial charge in [0.05, 0.1) is 0 Å². The average Bonchev–Trinajstić information content (AvgIpc) is 2.36. The number of rotatable bonds is 5. The zero-order chi connectivity index (χ0) is 11.9. The maximum Gasteiger partial charge on any atom is 0.0185 e. The molecule has 1 aromatic carbocycles. The summed E-state index contributed by atoms with van der Waals surface area (Å²) in [6.07, 6.45) is 0. The zero-order valence-corrected chi connectivity index (χ0v) is 12.6. The van der Waals surface area contributed by atoms with Crippen LogP contribution in [0.4, 0.5) is 0 Å². The summed E-state index contributed by atoms with van der Waals surface area (Å²) in [7, 11) is 0. The highest BCUT2D eigenvalue weighted by Gasteiger charge is 2.14. The van der Waals surface area contributed by atoms with E-state index in [1.807, 2.05) is 11.8 Å². The maximum absolute atomic E-state index is 3.48. The van der Waals surface area contributed by atoms with Crippen molar-refractivity contribution >= 4 is 24.2 Å². The van der Waals surface area contributed by atoms with Crippen molar-refractivity contribution in [3.05, 3.63) is 35.9 Å². The van der Waals surface area contributed by atoms with Gasteiger partial charge < -0.3 is 5.32 Å². The number of benzene rings is 1. The van der Waals surface area contributed by atoms with E-state index in [9.17, 15) is 0 Å². The Balaban J connectivity index is 0.00000162. The predicted octanol–water partition coefficient (Wildman–Crippen LogP) is 2.64. The average molecular weight is 287 g/mol. The third kappa shape index (κ3) is 5.61. The van der Waals surface area contributed by atoms with Crippen molar-refractivity contribution < 1.29 is 0 Å². The van der Waals surface area contributed by atoms with Gasteiger partial charge >= 0.3 is 0 Å². The molecule has 0 bridgehead atoms. The van der Waals surface area contributed by atoms with Gasteiger partial charge in [0, 0.05) is 43.7 Å². The minimum Gasteiger partial charge on any atom is -0.312 e. The van der Waals surface area contributed by atoms with E-state index in [1.165, 1.54) is 31.0 Å². The molecule has 0 radical (unpaired) electrons. The van der Waals surface area contributed by atoms with E-state index < -0.39 is 0 Å². The largest absolute Gasteiger partial charge is 0.312 e. The lowest BCUT2D eigenvalue weighted by molar-refractivity contribution is 0.218. The van der Waals surface area contributed by atoms with Crippen molar-refractivity contribution in [1.29, 1.82) is 0 Å². The maximum atomic E-state index is 3.48. The van der Waals surface area contributed by atoms with Crippen molar-refractivity contribution in [1.82, 2.24) is 10.2 Å². The van der Waals surface area contributed by atoms with Crippen molar-refractivity contribution in [3.63, 3.8) is 0 Å². The van der Waals surface area contributed by atoms with Crippen LogP contribution in [0.5, 0.6) is 0 Å². The first-order chi connectivity index (χ1) is 8.34. The molecular weight excluding hydrogens is 264 g/mol. The van der Waals surface area contributed by atoms with Crippen LogP contribution in [0.3, 0.4) is 0 Å². The molecular formula is C14H23ClN2S. The monoisotopic (exact) mass is 286 g/mol. The number of halogens is 1. The SMILES string of the molecule is C[C@H]1CN(CCSCc2ccccc2)CCN1.Cl. The highest BCUT2D eigenvalue weighted by atomic mass is 35.5. The van der Waals surface area contributed by atoms with Crippen molar-refractivity contribution in [3.8, 4) is 0 Å². The van der Waals surface area contributed by atoms with Crippen molar-refractivity contribution in [2.75, 3.05) is 31.9 Å². The van der Waals surface area contributed by atoms with E-state index in [0.29, 0.717) is 6.04 Å². The fourth-order valence-electron chi connectivity index (χ4n) is 2.17. The number of nitrogens with one attached hydrogen (secondary N) is 1. The third-order valence-corrected chi connectivity index (χ3v) is 4.13. The van der Waals surface area contributed by atoms with Gasteiger partial charge in [-0.2, -0.15) is 11.8 Å². The summed E-state index contributed by atoms with van der Waals surface area (Å²) in [6, 6.07) is 11.4. The predicted molar refractivity (Wildman–Crippen MR) is 83.8 cm³/mol. The van der Waals surface area contributed by atoms with Gasteiger partial charge in [0.2, 0.25) is 0 Å². The van der Waals surface area contributed by atoms with E-state index in [-0.39, 0.29) is 12.4 Å². The minimum absolute atomic E-state index is 0. The second-order valence-electron chi connectivity index (χ2n) is 4.69. The quantitative estimate of drug-likeness (QED) is 0.838. The van der Waals surface area contributed by atoms with E-state index in [1.54, 1.807) is 0 Å². The third-order valence-electron chi connectivity index (χ3n) is 3.12. The molecule has 0 amide bonds. The molecule has 0 spiro atoms. The Morgan fingerprint density at radius 1 is 1.33 bits per heavy atom. The zero-order valence-electron chi connectivity index (χ0n) is 11.0. The highest BCUT2D eigenvalue weighted by molar-refractivity contribution is 7.98. The minimum atomic E-state index is 0. The molecule has 1 aliphatic heterocycles. The second-order valence-corrected chi connectivity index (χ2v) is 5.80. The van der Waals surface area contributed by atoms with Gasteiger partial charge in [-0.3, -0.25) is 4.90 Å². The number of nitrogens with zero attached hydrogens (tertiary/aromatic N) is 1. The summed E-state index contributed by atoms with van der Waals surface area (Å²) in [4.78, 5) is 2.57. The molecule has 0 saturated carbocycles. The van der Waals surface area contributed by atoms with E-state index in [4.69, 9.17) is 0 Å². The van der Waals surface area contributed by atoms with E-state index >= 15 is 0 Å². The van der Waals surface area contributed by atoms with Gasteiger partial charge in [0.15, 0.2) is 0 Å². The van der Waals surface area contributed by atoms with E-state index in [0.717, 1.165) is 12.3 Å². The molecule has 1 heterocycles. The summed E-state index contributed by atoms with van der Waals surface area (Å²) in [5, 5.41) is 3.48. The number of piperazine rings is 1. The molecule has 1 aromatic rings. The summed E-state index contributed by atoms with van der Waals surface area (Å²) in [5.41, 5.74) is 1.44. The fourth-order valence-corrected chi connectivity index (χ4v) is 3.13. The summed E-state index contributed by atoms with van der Waals surface area (Å²) >= 11 is 2.04. The van der Waals surface area contributed by atoms with Gasteiger partial charge in [-0.05, 0) is 12.5 Å². The first-order valence-corrected chi connectivity index (χ1v) is 7.57. The molecule has 2 nitrogen and oxygen atoms in total. The lowest BCUT2D eigenvalue weighted by Crippen LogP contribution is -2.49. The first kappa shape index (κ1) is 15.8. The first-order valence-electron chi connectivity index (χ1n) is 6.42. The molecule has 0 unspecified atom stereocenters. The molecule has 1 N–H and O–H groups in total. The van der Waals surface area contributed by atoms with Gasteiger partial charge in [0.1, 0.15) is 0 Å². The van der Waals surface area contributed by atoms with Crippen LogP contribution in [-0.4, -0.2) is 42.9 Å². The normalized spacial score (nSPS) is 20.4. The highest BCUT2D eigenvalue weighted by Crippen LogP contribution is 2.12.